The van der Waals surface area contributed by atoms with E-state index in [0.29, 0.717) is 44.2 Å². The Balaban J connectivity index is 0.830. The first kappa shape index (κ1) is 42.3. The molecule has 4 aromatic rings. The Morgan fingerprint density at radius 3 is 2.10 bits per heavy atom. The minimum absolute atomic E-state index is 0.0744. The van der Waals surface area contributed by atoms with Gasteiger partial charge in [0.15, 0.2) is 0 Å². The number of nitrogens with one attached hydrogen (secondary N) is 2. The van der Waals surface area contributed by atoms with Gasteiger partial charge in [0, 0.05) is 77.3 Å². The Bertz CT molecular complexity index is 2210. The summed E-state index contributed by atoms with van der Waals surface area (Å²) in [4.78, 5) is 71.0. The summed E-state index contributed by atoms with van der Waals surface area (Å²) in [7, 11) is 1.82. The van der Waals surface area contributed by atoms with Crippen molar-refractivity contribution in [2.24, 2.45) is 0 Å². The van der Waals surface area contributed by atoms with Crippen LogP contribution in [0.4, 0.5) is 5.69 Å². The standard InChI is InChI=1S/C47H51ClN6O6/c1-51(31-32-60-36-17-15-35(16-18-36)43(34-11-6-3-7-12-34)37(21-23-48)33-9-4-2-5-10-33)42(56)22-25-52-27-29-53(30-28-52)26-24-49-39-14-8-13-38-44(39)47(59)54(46(38)58)40-19-20-41(55)50-45(40)57/h2-18,40,49H,19-32H2,1H3,(H,50,55,57)/b43-37-. The molecule has 2 N–H and O–H groups in total. The normalized spacial score (nSPS) is 17.6. The van der Waals surface area contributed by atoms with Crippen LogP contribution in [0, 0.1) is 0 Å². The van der Waals surface area contributed by atoms with Gasteiger partial charge in [-0.25, -0.2) is 0 Å². The van der Waals surface area contributed by atoms with E-state index in [2.05, 4.69) is 56.8 Å². The maximum atomic E-state index is 13.4. The Labute approximate surface area is 356 Å². The topological polar surface area (TPSA) is 132 Å². The average molecular weight is 831 g/mol. The van der Waals surface area contributed by atoms with Crippen LogP contribution in [0.5, 0.6) is 5.75 Å². The van der Waals surface area contributed by atoms with E-state index in [9.17, 15) is 24.0 Å². The summed E-state index contributed by atoms with van der Waals surface area (Å²) in [6, 6.07) is 32.9. The largest absolute Gasteiger partial charge is 0.492 e. The van der Waals surface area contributed by atoms with Crippen molar-refractivity contribution >= 4 is 58.0 Å². The zero-order valence-electron chi connectivity index (χ0n) is 33.9. The molecule has 0 aromatic heterocycles. The lowest BCUT2D eigenvalue weighted by atomic mass is 9.88. The third-order valence-electron chi connectivity index (χ3n) is 11.4. The van der Waals surface area contributed by atoms with Crippen LogP contribution in [-0.2, 0) is 14.4 Å². The minimum Gasteiger partial charge on any atom is -0.492 e. The Kier molecular flexibility index (Phi) is 14.1. The molecule has 2 saturated heterocycles. The maximum absolute atomic E-state index is 13.4. The van der Waals surface area contributed by atoms with E-state index in [1.54, 1.807) is 23.1 Å². The van der Waals surface area contributed by atoms with Crippen molar-refractivity contribution in [3.05, 3.63) is 131 Å². The highest BCUT2D eigenvalue weighted by Crippen LogP contribution is 2.36. The molecule has 3 aliphatic heterocycles. The first-order valence-corrected chi connectivity index (χ1v) is 21.2. The van der Waals surface area contributed by atoms with Gasteiger partial charge in [-0.1, -0.05) is 78.9 Å². The summed E-state index contributed by atoms with van der Waals surface area (Å²) < 4.78 is 6.08. The first-order valence-electron chi connectivity index (χ1n) is 20.6. The molecule has 0 aliphatic carbocycles. The molecule has 3 heterocycles. The van der Waals surface area contributed by atoms with Gasteiger partial charge in [0.2, 0.25) is 17.7 Å². The summed E-state index contributed by atoms with van der Waals surface area (Å²) in [5.74, 6) is -0.753. The van der Waals surface area contributed by atoms with Crippen LogP contribution >= 0.6 is 11.6 Å². The van der Waals surface area contributed by atoms with E-state index >= 15 is 0 Å². The van der Waals surface area contributed by atoms with Gasteiger partial charge in [-0.15, -0.1) is 11.6 Å². The predicted octanol–water partition coefficient (Wildman–Crippen LogP) is 5.63. The summed E-state index contributed by atoms with van der Waals surface area (Å²) in [6.45, 7) is 6.18. The second-order valence-corrected chi connectivity index (χ2v) is 15.6. The number of alkyl halides is 1. The molecular formula is C47H51ClN6O6. The number of hydrogen-bond acceptors (Lipinski definition) is 9. The molecule has 7 rings (SSSR count). The highest BCUT2D eigenvalue weighted by molar-refractivity contribution is 6.25. The number of anilines is 1. The van der Waals surface area contributed by atoms with Gasteiger partial charge in [0.05, 0.1) is 17.7 Å². The lowest BCUT2D eigenvalue weighted by molar-refractivity contribution is -0.136. The third kappa shape index (κ3) is 9.95. The number of rotatable bonds is 17. The second-order valence-electron chi connectivity index (χ2n) is 15.2. The molecular weight excluding hydrogens is 780 g/mol. The van der Waals surface area contributed by atoms with Crippen LogP contribution in [0.25, 0.3) is 11.1 Å². The molecule has 0 radical (unpaired) electrons. The maximum Gasteiger partial charge on any atom is 0.264 e. The fourth-order valence-electron chi connectivity index (χ4n) is 8.10. The molecule has 1 atom stereocenters. The third-order valence-corrected chi connectivity index (χ3v) is 11.6. The average Bonchev–Trinajstić information content (AvgIpc) is 3.53. The van der Waals surface area contributed by atoms with Crippen LogP contribution in [0.1, 0.15) is 63.1 Å². The molecule has 2 fully saturated rings. The van der Waals surface area contributed by atoms with E-state index in [-0.39, 0.29) is 29.9 Å². The number of carbonyl (C=O) groups excluding carboxylic acids is 5. The molecule has 312 valence electrons. The number of imide groups is 2. The number of piperidine rings is 1. The number of fused-ring (bicyclic) bond motifs is 1. The molecule has 0 saturated carbocycles. The lowest BCUT2D eigenvalue weighted by Crippen LogP contribution is -2.54. The first-order chi connectivity index (χ1) is 29.2. The van der Waals surface area contributed by atoms with E-state index in [1.165, 1.54) is 5.57 Å². The van der Waals surface area contributed by atoms with Crippen molar-refractivity contribution in [2.45, 2.75) is 31.7 Å². The quantitative estimate of drug-likeness (QED) is 0.0790. The molecule has 12 nitrogen and oxygen atoms in total. The van der Waals surface area contributed by atoms with Gasteiger partial charge in [0.1, 0.15) is 18.4 Å². The molecule has 0 spiro atoms. The summed E-state index contributed by atoms with van der Waals surface area (Å²) in [6.07, 6.45) is 1.34. The molecule has 13 heteroatoms. The number of carbonyl (C=O) groups is 5. The molecule has 4 aromatic carbocycles. The number of nitrogens with zero attached hydrogens (tertiary/aromatic N) is 4. The highest BCUT2D eigenvalue weighted by Gasteiger charge is 2.45. The predicted molar refractivity (Wildman–Crippen MR) is 233 cm³/mol. The highest BCUT2D eigenvalue weighted by atomic mass is 35.5. The number of piperazine rings is 1. The van der Waals surface area contributed by atoms with Crippen molar-refractivity contribution < 1.29 is 28.7 Å². The number of likely N-dealkylation sites (N-methyl/N-ethyl adjacent to an activating group) is 1. The summed E-state index contributed by atoms with van der Waals surface area (Å²) >= 11 is 6.32. The zero-order chi connectivity index (χ0) is 42.0. The smallest absolute Gasteiger partial charge is 0.264 e. The second kappa shape index (κ2) is 20.0. The molecule has 0 bridgehead atoms. The van der Waals surface area contributed by atoms with Crippen molar-refractivity contribution in [3.63, 3.8) is 0 Å². The molecule has 3 aliphatic rings. The fourth-order valence-corrected chi connectivity index (χ4v) is 8.29. The molecule has 1 unspecified atom stereocenters. The lowest BCUT2D eigenvalue weighted by Gasteiger charge is -2.34. The number of allylic oxidation sites excluding steroid dienone is 1. The van der Waals surface area contributed by atoms with Crippen LogP contribution in [-0.4, -0.2) is 127 Å². The SMILES string of the molecule is CN(CCOc1ccc(/C(=C(/CCCl)c2ccccc2)c2ccccc2)cc1)C(=O)CCN1CCN(CCNc2cccc3c2C(=O)N(C2CCC(=O)NC2=O)C3=O)CC1. The Morgan fingerprint density at radius 1 is 0.783 bits per heavy atom. The van der Waals surface area contributed by atoms with Crippen LogP contribution in [0.3, 0.4) is 0 Å². The number of benzene rings is 4. The molecule has 5 amide bonds. The van der Waals surface area contributed by atoms with Gasteiger partial charge in [-0.3, -0.25) is 39.1 Å². The fraction of sp³-hybridized carbons (Fsp3) is 0.340. The van der Waals surface area contributed by atoms with Crippen molar-refractivity contribution in [3.8, 4) is 5.75 Å². The van der Waals surface area contributed by atoms with Crippen molar-refractivity contribution in [2.75, 3.05) is 77.2 Å². The van der Waals surface area contributed by atoms with E-state index in [0.717, 1.165) is 72.1 Å². The number of hydrogen-bond donors (Lipinski definition) is 2. The Hall–Kier alpha value is -5.82. The zero-order valence-corrected chi connectivity index (χ0v) is 34.7. The Morgan fingerprint density at radius 2 is 1.43 bits per heavy atom. The number of ether oxygens (including phenoxy) is 1. The monoisotopic (exact) mass is 830 g/mol. The van der Waals surface area contributed by atoms with Gasteiger partial charge >= 0.3 is 0 Å². The van der Waals surface area contributed by atoms with Gasteiger partial charge in [0.25, 0.3) is 11.8 Å². The summed E-state index contributed by atoms with van der Waals surface area (Å²) in [5.41, 5.74) is 6.74. The number of amides is 5. The summed E-state index contributed by atoms with van der Waals surface area (Å²) in [5, 5.41) is 5.56. The van der Waals surface area contributed by atoms with E-state index in [1.807, 2.05) is 55.6 Å². The van der Waals surface area contributed by atoms with E-state index < -0.39 is 29.7 Å². The van der Waals surface area contributed by atoms with Gasteiger partial charge in [-0.2, -0.15) is 0 Å². The van der Waals surface area contributed by atoms with Crippen LogP contribution in [0.2, 0.25) is 0 Å². The van der Waals surface area contributed by atoms with Gasteiger partial charge < -0.3 is 19.9 Å². The van der Waals surface area contributed by atoms with Crippen molar-refractivity contribution in [1.82, 2.24) is 24.9 Å². The molecule has 60 heavy (non-hydrogen) atoms. The minimum atomic E-state index is -1.00. The van der Waals surface area contributed by atoms with Gasteiger partial charge in [-0.05, 0) is 64.9 Å². The number of halogens is 1. The van der Waals surface area contributed by atoms with Crippen LogP contribution < -0.4 is 15.4 Å². The van der Waals surface area contributed by atoms with Crippen molar-refractivity contribution in [1.29, 1.82) is 0 Å². The van der Waals surface area contributed by atoms with Crippen LogP contribution in [0.15, 0.2) is 103 Å². The van der Waals surface area contributed by atoms with E-state index in [4.69, 9.17) is 16.3 Å².